The second-order valence-electron chi connectivity index (χ2n) is 6.48. The van der Waals surface area contributed by atoms with Crippen molar-refractivity contribution in [3.63, 3.8) is 0 Å². The summed E-state index contributed by atoms with van der Waals surface area (Å²) in [5.74, 6) is 0. The Bertz CT molecular complexity index is 1120. The summed E-state index contributed by atoms with van der Waals surface area (Å²) in [5.41, 5.74) is 3.29. The number of nitrogens with zero attached hydrogens (tertiary/aromatic N) is 4. The van der Waals surface area contributed by atoms with Gasteiger partial charge in [-0.25, -0.2) is 0 Å². The first-order valence-electron chi connectivity index (χ1n) is 9.49. The standard InChI is InChI=1S/C24H18Br2N4Te/c25-31(26,23-17-9-7-15-21(23)29-27-19-11-3-1-4-12-19)24-18-10-8-16-22(24)30-28-20-13-5-2-6-14-20/h1-18H. The van der Waals surface area contributed by atoms with Gasteiger partial charge < -0.3 is 0 Å². The summed E-state index contributed by atoms with van der Waals surface area (Å²) in [6, 6.07) is 35.6. The first-order valence-corrected chi connectivity index (χ1v) is 22.3. The number of rotatable bonds is 6. The summed E-state index contributed by atoms with van der Waals surface area (Å²) in [5, 5.41) is 17.9. The molecule has 0 fully saturated rings. The van der Waals surface area contributed by atoms with E-state index in [1.807, 2.05) is 97.1 Å². The molecular formula is C24H18Br2N4Te. The minimum absolute atomic E-state index is 0.817. The topological polar surface area (TPSA) is 49.4 Å². The molecule has 0 aromatic heterocycles. The van der Waals surface area contributed by atoms with Crippen molar-refractivity contribution in [3.05, 3.63) is 109 Å². The monoisotopic (exact) mass is 650 g/mol. The molecule has 0 unspecified atom stereocenters. The summed E-state index contributed by atoms with van der Waals surface area (Å²) < 4.78 is 2.21. The van der Waals surface area contributed by atoms with Gasteiger partial charge in [0.1, 0.15) is 0 Å². The zero-order chi connectivity index (χ0) is 21.5. The number of azo groups is 2. The van der Waals surface area contributed by atoms with Crippen LogP contribution in [0.25, 0.3) is 0 Å². The fraction of sp³-hybridized carbons (Fsp3) is 0. The Labute approximate surface area is 197 Å². The number of benzene rings is 4. The molecule has 0 aliphatic rings. The summed E-state index contributed by atoms with van der Waals surface area (Å²) in [6.45, 7) is 0. The van der Waals surface area contributed by atoms with E-state index in [4.69, 9.17) is 0 Å². The average molecular weight is 650 g/mol. The van der Waals surface area contributed by atoms with Crippen LogP contribution in [0.3, 0.4) is 0 Å². The van der Waals surface area contributed by atoms with Crippen molar-refractivity contribution in [3.8, 4) is 0 Å². The molecule has 154 valence electrons. The zero-order valence-electron chi connectivity index (χ0n) is 16.3. The number of hydrogen-bond acceptors (Lipinski definition) is 4. The van der Waals surface area contributed by atoms with E-state index in [9.17, 15) is 0 Å². The Balaban J connectivity index is 1.72. The molecular weight excluding hydrogens is 632 g/mol. The molecule has 0 saturated heterocycles. The molecule has 4 rings (SSSR count). The molecule has 0 heterocycles. The molecule has 31 heavy (non-hydrogen) atoms. The number of hydrogen-bond donors (Lipinski definition) is 0. The molecule has 0 bridgehead atoms. The average Bonchev–Trinajstić information content (AvgIpc) is 2.83. The van der Waals surface area contributed by atoms with Gasteiger partial charge in [0.05, 0.1) is 0 Å². The van der Waals surface area contributed by atoms with Crippen LogP contribution in [0.4, 0.5) is 22.7 Å². The van der Waals surface area contributed by atoms with Crippen LogP contribution in [0.2, 0.25) is 0 Å². The van der Waals surface area contributed by atoms with Crippen molar-refractivity contribution >= 4 is 69.2 Å². The van der Waals surface area contributed by atoms with Gasteiger partial charge in [0, 0.05) is 0 Å². The molecule has 0 N–H and O–H groups in total. The molecule has 0 atom stereocenters. The predicted octanol–water partition coefficient (Wildman–Crippen LogP) is 7.86. The molecule has 4 aromatic carbocycles. The minimum atomic E-state index is -3.16. The van der Waals surface area contributed by atoms with Gasteiger partial charge in [-0.1, -0.05) is 0 Å². The van der Waals surface area contributed by atoms with Gasteiger partial charge in [-0.3, -0.25) is 0 Å². The Kier molecular flexibility index (Phi) is 7.41. The summed E-state index contributed by atoms with van der Waals surface area (Å²) in [6.07, 6.45) is 0. The SMILES string of the molecule is Br[Te](Br)(c1ccccc1N=Nc1ccccc1)c1ccccc1N=Nc1ccccc1. The van der Waals surface area contributed by atoms with Crippen LogP contribution in [-0.2, 0) is 0 Å². The van der Waals surface area contributed by atoms with Crippen LogP contribution in [0.5, 0.6) is 0 Å². The van der Waals surface area contributed by atoms with Gasteiger partial charge in [-0.05, 0) is 0 Å². The molecule has 4 nitrogen and oxygen atoms in total. The molecule has 0 saturated carbocycles. The van der Waals surface area contributed by atoms with Gasteiger partial charge in [0.2, 0.25) is 0 Å². The fourth-order valence-electron chi connectivity index (χ4n) is 2.84. The molecule has 7 heteroatoms. The van der Waals surface area contributed by atoms with Crippen molar-refractivity contribution in [1.29, 1.82) is 0 Å². The van der Waals surface area contributed by atoms with Crippen LogP contribution < -0.4 is 7.22 Å². The zero-order valence-corrected chi connectivity index (χ0v) is 21.8. The van der Waals surface area contributed by atoms with E-state index in [0.29, 0.717) is 0 Å². The number of halogens is 2. The van der Waals surface area contributed by atoms with Crippen molar-refractivity contribution in [2.75, 3.05) is 0 Å². The van der Waals surface area contributed by atoms with Crippen LogP contribution in [-0.4, -0.2) is 13.8 Å². The van der Waals surface area contributed by atoms with E-state index < -0.39 is 13.8 Å². The van der Waals surface area contributed by atoms with E-state index in [1.165, 1.54) is 0 Å². The van der Waals surface area contributed by atoms with Crippen molar-refractivity contribution in [2.45, 2.75) is 0 Å². The van der Waals surface area contributed by atoms with Crippen LogP contribution in [0.15, 0.2) is 130 Å². The van der Waals surface area contributed by atoms with E-state index in [0.717, 1.165) is 30.0 Å². The molecule has 0 aliphatic carbocycles. The fourth-order valence-corrected chi connectivity index (χ4v) is 14.4. The third-order valence-corrected chi connectivity index (χ3v) is 18.8. The quantitative estimate of drug-likeness (QED) is 0.151. The molecule has 0 radical (unpaired) electrons. The first kappa shape index (κ1) is 22.0. The third kappa shape index (κ3) is 5.55. The second-order valence-corrected chi connectivity index (χ2v) is 30.5. The first-order chi connectivity index (χ1) is 15.1. The summed E-state index contributed by atoms with van der Waals surface area (Å²) in [7, 11) is 0. The maximum absolute atomic E-state index is 4.55. The molecule has 0 spiro atoms. The molecule has 0 aliphatic heterocycles. The van der Waals surface area contributed by atoms with Crippen LogP contribution >= 0.6 is 25.5 Å². The van der Waals surface area contributed by atoms with Gasteiger partial charge in [0.25, 0.3) is 0 Å². The molecule has 4 aromatic rings. The van der Waals surface area contributed by atoms with Crippen molar-refractivity contribution < 1.29 is 0 Å². The Hall–Kier alpha value is -2.17. The van der Waals surface area contributed by atoms with Crippen LogP contribution in [0.1, 0.15) is 0 Å². The molecule has 0 amide bonds. The Morgan fingerprint density at radius 3 is 1.19 bits per heavy atom. The van der Waals surface area contributed by atoms with Gasteiger partial charge in [0.15, 0.2) is 0 Å². The summed E-state index contributed by atoms with van der Waals surface area (Å²) in [4.78, 5) is 0. The van der Waals surface area contributed by atoms with Crippen molar-refractivity contribution in [1.82, 2.24) is 0 Å². The summed E-state index contributed by atoms with van der Waals surface area (Å²) >= 11 is 4.95. The van der Waals surface area contributed by atoms with E-state index in [2.05, 4.69) is 58.1 Å². The van der Waals surface area contributed by atoms with E-state index >= 15 is 0 Å². The van der Waals surface area contributed by atoms with E-state index in [-0.39, 0.29) is 0 Å². The van der Waals surface area contributed by atoms with Crippen LogP contribution in [0, 0.1) is 0 Å². The van der Waals surface area contributed by atoms with Gasteiger partial charge >= 0.3 is 199 Å². The normalized spacial score (nSPS) is 12.5. The van der Waals surface area contributed by atoms with Crippen molar-refractivity contribution in [2.24, 2.45) is 20.5 Å². The van der Waals surface area contributed by atoms with Gasteiger partial charge in [-0.15, -0.1) is 0 Å². The third-order valence-electron chi connectivity index (χ3n) is 4.34. The van der Waals surface area contributed by atoms with Gasteiger partial charge in [-0.2, -0.15) is 0 Å². The Morgan fingerprint density at radius 2 is 0.774 bits per heavy atom. The van der Waals surface area contributed by atoms with E-state index in [1.54, 1.807) is 0 Å². The Morgan fingerprint density at radius 1 is 0.419 bits per heavy atom. The second kappa shape index (κ2) is 10.4. The maximum atomic E-state index is 4.55. The predicted molar refractivity (Wildman–Crippen MR) is 137 cm³/mol.